The molecule has 0 fully saturated rings. The van der Waals surface area contributed by atoms with Crippen molar-refractivity contribution in [2.75, 3.05) is 40.5 Å². The number of halogens is 3. The van der Waals surface area contributed by atoms with Crippen LogP contribution < -0.4 is 5.32 Å². The molecule has 0 aromatic carbocycles. The molecule has 0 saturated carbocycles. The van der Waals surface area contributed by atoms with E-state index < -0.39 is 19.1 Å². The SMILES string of the molecule is COC(CNCCOCC(F)(F)F)OC. The molecule has 1 N–H and O–H groups in total. The topological polar surface area (TPSA) is 39.7 Å². The average Bonchev–Trinajstić information content (AvgIpc) is 2.15. The summed E-state index contributed by atoms with van der Waals surface area (Å²) in [5.41, 5.74) is 0. The summed E-state index contributed by atoms with van der Waals surface area (Å²) in [6, 6.07) is 0. The highest BCUT2D eigenvalue weighted by atomic mass is 19.4. The third-order valence-corrected chi connectivity index (χ3v) is 1.53. The summed E-state index contributed by atoms with van der Waals surface area (Å²) < 4.78 is 48.9. The fourth-order valence-corrected chi connectivity index (χ4v) is 0.815. The van der Waals surface area contributed by atoms with Crippen LogP contribution >= 0.6 is 0 Å². The van der Waals surface area contributed by atoms with Crippen molar-refractivity contribution in [2.24, 2.45) is 0 Å². The van der Waals surface area contributed by atoms with Gasteiger partial charge in [0.15, 0.2) is 6.29 Å². The Morgan fingerprint density at radius 2 is 1.80 bits per heavy atom. The van der Waals surface area contributed by atoms with Gasteiger partial charge < -0.3 is 19.5 Å². The second kappa shape index (κ2) is 7.86. The van der Waals surface area contributed by atoms with Gasteiger partial charge in [-0.3, -0.25) is 0 Å². The Morgan fingerprint density at radius 1 is 1.20 bits per heavy atom. The van der Waals surface area contributed by atoms with Crippen molar-refractivity contribution < 1.29 is 27.4 Å². The van der Waals surface area contributed by atoms with Crippen molar-refractivity contribution in [3.8, 4) is 0 Å². The third kappa shape index (κ3) is 9.92. The van der Waals surface area contributed by atoms with E-state index in [-0.39, 0.29) is 6.61 Å². The molecule has 0 aromatic heterocycles. The number of hydrogen-bond donors (Lipinski definition) is 1. The molecule has 0 unspecified atom stereocenters. The minimum absolute atomic E-state index is 0.000339. The number of nitrogens with one attached hydrogen (secondary N) is 1. The maximum atomic E-state index is 11.6. The Kier molecular flexibility index (Phi) is 7.67. The Labute approximate surface area is 86.7 Å². The highest BCUT2D eigenvalue weighted by Crippen LogP contribution is 2.13. The number of ether oxygens (including phenoxy) is 3. The first-order valence-electron chi connectivity index (χ1n) is 4.40. The first-order valence-corrected chi connectivity index (χ1v) is 4.40. The summed E-state index contributed by atoms with van der Waals surface area (Å²) in [5, 5.41) is 2.83. The molecule has 4 nitrogen and oxygen atoms in total. The summed E-state index contributed by atoms with van der Waals surface area (Å²) in [4.78, 5) is 0. The van der Waals surface area contributed by atoms with Crippen LogP contribution in [0.2, 0.25) is 0 Å². The van der Waals surface area contributed by atoms with E-state index in [9.17, 15) is 13.2 Å². The van der Waals surface area contributed by atoms with Gasteiger partial charge in [0, 0.05) is 27.3 Å². The molecule has 0 saturated heterocycles. The van der Waals surface area contributed by atoms with Crippen molar-refractivity contribution in [1.82, 2.24) is 5.32 Å². The molecule has 92 valence electrons. The molecule has 15 heavy (non-hydrogen) atoms. The van der Waals surface area contributed by atoms with Crippen molar-refractivity contribution in [1.29, 1.82) is 0 Å². The van der Waals surface area contributed by atoms with Gasteiger partial charge in [-0.15, -0.1) is 0 Å². The van der Waals surface area contributed by atoms with Crippen molar-refractivity contribution in [3.63, 3.8) is 0 Å². The van der Waals surface area contributed by atoms with Gasteiger partial charge in [-0.25, -0.2) is 0 Å². The molecule has 0 radical (unpaired) electrons. The summed E-state index contributed by atoms with van der Waals surface area (Å²) in [7, 11) is 2.96. The molecule has 0 spiro atoms. The lowest BCUT2D eigenvalue weighted by molar-refractivity contribution is -0.173. The van der Waals surface area contributed by atoms with Crippen LogP contribution in [0, 0.1) is 0 Å². The summed E-state index contributed by atoms with van der Waals surface area (Å²) >= 11 is 0. The Bertz CT molecular complexity index is 151. The maximum Gasteiger partial charge on any atom is 0.411 e. The first kappa shape index (κ1) is 14.6. The molecule has 0 aliphatic carbocycles. The van der Waals surface area contributed by atoms with Gasteiger partial charge in [0.05, 0.1) is 6.61 Å². The van der Waals surface area contributed by atoms with Crippen LogP contribution in [-0.4, -0.2) is 53.0 Å². The summed E-state index contributed by atoms with van der Waals surface area (Å²) in [6.45, 7) is -0.492. The predicted molar refractivity (Wildman–Crippen MR) is 47.5 cm³/mol. The Morgan fingerprint density at radius 3 is 2.27 bits per heavy atom. The van der Waals surface area contributed by atoms with E-state index in [1.807, 2.05) is 0 Å². The van der Waals surface area contributed by atoms with Crippen LogP contribution in [0.1, 0.15) is 0 Å². The van der Waals surface area contributed by atoms with Crippen LogP contribution in [-0.2, 0) is 14.2 Å². The highest BCUT2D eigenvalue weighted by Gasteiger charge is 2.27. The second-order valence-electron chi connectivity index (χ2n) is 2.77. The van der Waals surface area contributed by atoms with Gasteiger partial charge in [0.2, 0.25) is 0 Å². The zero-order valence-electron chi connectivity index (χ0n) is 8.76. The van der Waals surface area contributed by atoms with Crippen molar-refractivity contribution in [2.45, 2.75) is 12.5 Å². The van der Waals surface area contributed by atoms with Gasteiger partial charge in [0.25, 0.3) is 0 Å². The number of rotatable bonds is 8. The molecule has 0 atom stereocenters. The van der Waals surface area contributed by atoms with E-state index in [1.54, 1.807) is 0 Å². The summed E-state index contributed by atoms with van der Waals surface area (Å²) in [5.74, 6) is 0. The van der Waals surface area contributed by atoms with Crippen LogP contribution in [0.3, 0.4) is 0 Å². The van der Waals surface area contributed by atoms with Gasteiger partial charge in [-0.1, -0.05) is 0 Å². The lowest BCUT2D eigenvalue weighted by Crippen LogP contribution is -2.32. The van der Waals surface area contributed by atoms with Gasteiger partial charge in [-0.2, -0.15) is 13.2 Å². The van der Waals surface area contributed by atoms with Crippen LogP contribution in [0.15, 0.2) is 0 Å². The zero-order valence-corrected chi connectivity index (χ0v) is 8.76. The molecular weight excluding hydrogens is 215 g/mol. The van der Waals surface area contributed by atoms with Gasteiger partial charge >= 0.3 is 6.18 Å². The quantitative estimate of drug-likeness (QED) is 0.495. The number of alkyl halides is 3. The Hall–Kier alpha value is -0.370. The second-order valence-corrected chi connectivity index (χ2v) is 2.77. The molecule has 0 aliphatic rings. The van der Waals surface area contributed by atoms with Crippen LogP contribution in [0.25, 0.3) is 0 Å². The highest BCUT2D eigenvalue weighted by molar-refractivity contribution is 4.51. The maximum absolute atomic E-state index is 11.6. The lowest BCUT2D eigenvalue weighted by Gasteiger charge is -2.14. The van der Waals surface area contributed by atoms with Crippen molar-refractivity contribution in [3.05, 3.63) is 0 Å². The molecule has 0 bridgehead atoms. The molecular formula is C8H16F3NO3. The zero-order chi connectivity index (χ0) is 11.7. The van der Waals surface area contributed by atoms with E-state index in [0.29, 0.717) is 13.1 Å². The molecule has 7 heteroatoms. The van der Waals surface area contributed by atoms with Gasteiger partial charge in [0.1, 0.15) is 6.61 Å². The molecule has 0 aliphatic heterocycles. The van der Waals surface area contributed by atoms with E-state index in [4.69, 9.17) is 9.47 Å². The predicted octanol–water partition coefficient (Wildman–Crippen LogP) is 0.774. The van der Waals surface area contributed by atoms with Crippen LogP contribution in [0.4, 0.5) is 13.2 Å². The molecule has 0 heterocycles. The molecule has 0 amide bonds. The monoisotopic (exact) mass is 231 g/mol. The Balaban J connectivity index is 3.25. The summed E-state index contributed by atoms with van der Waals surface area (Å²) in [6.07, 6.45) is -4.66. The minimum Gasteiger partial charge on any atom is -0.371 e. The van der Waals surface area contributed by atoms with Crippen molar-refractivity contribution >= 4 is 0 Å². The molecule has 0 aromatic rings. The average molecular weight is 231 g/mol. The minimum atomic E-state index is -4.26. The normalized spacial score (nSPS) is 12.4. The largest absolute Gasteiger partial charge is 0.411 e. The van der Waals surface area contributed by atoms with E-state index in [0.717, 1.165) is 0 Å². The molecule has 0 rings (SSSR count). The van der Waals surface area contributed by atoms with E-state index in [1.165, 1.54) is 14.2 Å². The smallest absolute Gasteiger partial charge is 0.371 e. The standard InChI is InChI=1S/C8H16F3NO3/c1-13-7(14-2)5-12-3-4-15-6-8(9,10)11/h7,12H,3-6H2,1-2H3. The fourth-order valence-electron chi connectivity index (χ4n) is 0.815. The fraction of sp³-hybridized carbons (Fsp3) is 1.00. The third-order valence-electron chi connectivity index (χ3n) is 1.53. The van der Waals surface area contributed by atoms with Gasteiger partial charge in [-0.05, 0) is 0 Å². The lowest BCUT2D eigenvalue weighted by atomic mass is 10.5. The number of hydrogen-bond acceptors (Lipinski definition) is 4. The van der Waals surface area contributed by atoms with E-state index in [2.05, 4.69) is 10.1 Å². The first-order chi connectivity index (χ1) is 6.99. The van der Waals surface area contributed by atoms with Crippen LogP contribution in [0.5, 0.6) is 0 Å². The van der Waals surface area contributed by atoms with E-state index >= 15 is 0 Å². The number of methoxy groups -OCH3 is 2.